The second-order valence-corrected chi connectivity index (χ2v) is 5.91. The third-order valence-electron chi connectivity index (χ3n) is 4.45. The molecule has 0 aromatic carbocycles. The molecule has 4 N–H and O–H groups in total. The van der Waals surface area contributed by atoms with Crippen LogP contribution >= 0.6 is 0 Å². The zero-order valence-corrected chi connectivity index (χ0v) is 12.9. The molecular weight excluding hydrogens is 282 g/mol. The van der Waals surface area contributed by atoms with Crippen LogP contribution in [0.2, 0.25) is 0 Å². The van der Waals surface area contributed by atoms with Crippen molar-refractivity contribution in [3.05, 3.63) is 17.0 Å². The molecule has 1 aliphatic carbocycles. The van der Waals surface area contributed by atoms with Gasteiger partial charge in [0.25, 0.3) is 5.91 Å². The van der Waals surface area contributed by atoms with Gasteiger partial charge in [0.2, 0.25) is 5.95 Å². The standard InChI is InChI=1S/C15H23N5O2/c1-22-12-6-7-17-8-11(12)18-14(21)13-9-4-2-3-5-10(9)19-15(16)20-13/h11-12,17H,2-8H2,1H3,(H,18,21)(H2,16,19,20). The molecule has 0 saturated carbocycles. The number of carbonyl (C=O) groups excluding carboxylic acids is 1. The van der Waals surface area contributed by atoms with Gasteiger partial charge < -0.3 is 21.1 Å². The molecule has 0 radical (unpaired) electrons. The fraction of sp³-hybridized carbons (Fsp3) is 0.667. The average molecular weight is 305 g/mol. The number of piperidine rings is 1. The lowest BCUT2D eigenvalue weighted by Crippen LogP contribution is -2.54. The van der Waals surface area contributed by atoms with Gasteiger partial charge in [-0.1, -0.05) is 0 Å². The van der Waals surface area contributed by atoms with Crippen LogP contribution in [0.3, 0.4) is 0 Å². The molecule has 2 unspecified atom stereocenters. The third-order valence-corrected chi connectivity index (χ3v) is 4.45. The Morgan fingerprint density at radius 3 is 3.00 bits per heavy atom. The van der Waals surface area contributed by atoms with Crippen LogP contribution in [0.4, 0.5) is 5.95 Å². The van der Waals surface area contributed by atoms with Crippen LogP contribution in [-0.2, 0) is 17.6 Å². The number of aromatic nitrogens is 2. The first-order chi connectivity index (χ1) is 10.7. The first kappa shape index (κ1) is 15.2. The Balaban J connectivity index is 1.81. The quantitative estimate of drug-likeness (QED) is 0.729. The van der Waals surface area contributed by atoms with E-state index >= 15 is 0 Å². The molecule has 1 aromatic rings. The molecule has 1 fully saturated rings. The lowest BCUT2D eigenvalue weighted by molar-refractivity contribution is 0.0446. The molecule has 1 amide bonds. The Hall–Kier alpha value is -1.73. The van der Waals surface area contributed by atoms with Gasteiger partial charge in [0.1, 0.15) is 5.69 Å². The number of hydrogen-bond acceptors (Lipinski definition) is 6. The molecular formula is C15H23N5O2. The van der Waals surface area contributed by atoms with E-state index in [9.17, 15) is 4.79 Å². The highest BCUT2D eigenvalue weighted by atomic mass is 16.5. The summed E-state index contributed by atoms with van der Waals surface area (Å²) < 4.78 is 5.46. The molecule has 2 atom stereocenters. The van der Waals surface area contributed by atoms with Crippen molar-refractivity contribution in [3.63, 3.8) is 0 Å². The molecule has 2 heterocycles. The number of nitrogens with one attached hydrogen (secondary N) is 2. The number of nitrogens with two attached hydrogens (primary N) is 1. The number of hydrogen-bond donors (Lipinski definition) is 3. The second-order valence-electron chi connectivity index (χ2n) is 5.91. The summed E-state index contributed by atoms with van der Waals surface area (Å²) in [5.74, 6) is -0.00105. The predicted octanol–water partition coefficient (Wildman–Crippen LogP) is 0.0443. The normalized spacial score (nSPS) is 24.6. The molecule has 2 aliphatic rings. The molecule has 1 aliphatic heterocycles. The van der Waals surface area contributed by atoms with E-state index in [2.05, 4.69) is 20.6 Å². The molecule has 22 heavy (non-hydrogen) atoms. The van der Waals surface area contributed by atoms with E-state index in [1.165, 1.54) is 0 Å². The van der Waals surface area contributed by atoms with E-state index in [-0.39, 0.29) is 24.0 Å². The summed E-state index contributed by atoms with van der Waals surface area (Å²) in [5, 5.41) is 6.32. The number of aryl methyl sites for hydroxylation is 1. The van der Waals surface area contributed by atoms with Crippen molar-refractivity contribution in [3.8, 4) is 0 Å². The van der Waals surface area contributed by atoms with Gasteiger partial charge in [-0.3, -0.25) is 4.79 Å². The zero-order valence-electron chi connectivity index (χ0n) is 12.9. The van der Waals surface area contributed by atoms with Crippen molar-refractivity contribution in [1.82, 2.24) is 20.6 Å². The maximum absolute atomic E-state index is 12.7. The fourth-order valence-corrected chi connectivity index (χ4v) is 3.30. The summed E-state index contributed by atoms with van der Waals surface area (Å²) in [6, 6.07) is -0.0540. The Bertz CT molecular complexity index is 563. The number of carbonyl (C=O) groups is 1. The van der Waals surface area contributed by atoms with Gasteiger partial charge in [-0.15, -0.1) is 0 Å². The SMILES string of the molecule is COC1CCNCC1NC(=O)c1nc(N)nc2c1CCCC2. The monoisotopic (exact) mass is 305 g/mol. The van der Waals surface area contributed by atoms with Gasteiger partial charge in [0.05, 0.1) is 12.1 Å². The van der Waals surface area contributed by atoms with Crippen LogP contribution in [0, 0.1) is 0 Å². The van der Waals surface area contributed by atoms with Crippen molar-refractivity contribution in [2.24, 2.45) is 0 Å². The Kier molecular flexibility index (Phi) is 4.54. The number of methoxy groups -OCH3 is 1. The van der Waals surface area contributed by atoms with E-state index < -0.39 is 0 Å². The number of nitrogen functional groups attached to an aromatic ring is 1. The molecule has 3 rings (SSSR count). The topological polar surface area (TPSA) is 102 Å². The summed E-state index contributed by atoms with van der Waals surface area (Å²) in [6.07, 6.45) is 4.77. The molecule has 7 heteroatoms. The molecule has 1 aromatic heterocycles. The maximum atomic E-state index is 12.7. The molecule has 0 bridgehead atoms. The molecule has 0 spiro atoms. The van der Waals surface area contributed by atoms with E-state index in [1.807, 2.05) is 0 Å². The number of ether oxygens (including phenoxy) is 1. The second kappa shape index (κ2) is 6.58. The van der Waals surface area contributed by atoms with Crippen LogP contribution < -0.4 is 16.4 Å². The van der Waals surface area contributed by atoms with Crippen molar-refractivity contribution >= 4 is 11.9 Å². The highest BCUT2D eigenvalue weighted by molar-refractivity contribution is 5.94. The zero-order chi connectivity index (χ0) is 15.5. The minimum atomic E-state index is -0.178. The van der Waals surface area contributed by atoms with Gasteiger partial charge in [-0.05, 0) is 38.6 Å². The number of nitrogens with zero attached hydrogens (tertiary/aromatic N) is 2. The van der Waals surface area contributed by atoms with Crippen molar-refractivity contribution in [1.29, 1.82) is 0 Å². The maximum Gasteiger partial charge on any atom is 0.270 e. The largest absolute Gasteiger partial charge is 0.379 e. The molecule has 120 valence electrons. The van der Waals surface area contributed by atoms with Crippen molar-refractivity contribution < 1.29 is 9.53 Å². The first-order valence-corrected chi connectivity index (χ1v) is 7.88. The van der Waals surface area contributed by atoms with E-state index in [0.29, 0.717) is 12.2 Å². The minimum absolute atomic E-state index is 0.0280. The Morgan fingerprint density at radius 1 is 1.36 bits per heavy atom. The summed E-state index contributed by atoms with van der Waals surface area (Å²) in [5.41, 5.74) is 8.08. The summed E-state index contributed by atoms with van der Waals surface area (Å²) >= 11 is 0. The highest BCUT2D eigenvalue weighted by Crippen LogP contribution is 2.23. The van der Waals surface area contributed by atoms with Crippen LogP contribution in [0.25, 0.3) is 0 Å². The van der Waals surface area contributed by atoms with Crippen LogP contribution in [0.5, 0.6) is 0 Å². The minimum Gasteiger partial charge on any atom is -0.379 e. The van der Waals surface area contributed by atoms with Gasteiger partial charge in [-0.2, -0.15) is 0 Å². The first-order valence-electron chi connectivity index (χ1n) is 7.88. The van der Waals surface area contributed by atoms with Crippen LogP contribution in [0.15, 0.2) is 0 Å². The molecule has 1 saturated heterocycles. The van der Waals surface area contributed by atoms with E-state index in [0.717, 1.165) is 49.9 Å². The van der Waals surface area contributed by atoms with Gasteiger partial charge >= 0.3 is 0 Å². The average Bonchev–Trinajstić information content (AvgIpc) is 2.54. The lowest BCUT2D eigenvalue weighted by atomic mass is 9.94. The van der Waals surface area contributed by atoms with E-state index in [1.54, 1.807) is 7.11 Å². The number of fused-ring (bicyclic) bond motifs is 1. The summed E-state index contributed by atoms with van der Waals surface area (Å²) in [4.78, 5) is 21.1. The number of anilines is 1. The predicted molar refractivity (Wildman–Crippen MR) is 82.6 cm³/mol. The highest BCUT2D eigenvalue weighted by Gasteiger charge is 2.29. The Labute approximate surface area is 130 Å². The summed E-state index contributed by atoms with van der Waals surface area (Å²) in [7, 11) is 1.68. The Morgan fingerprint density at radius 2 is 2.18 bits per heavy atom. The summed E-state index contributed by atoms with van der Waals surface area (Å²) in [6.45, 7) is 1.60. The van der Waals surface area contributed by atoms with Crippen LogP contribution in [-0.4, -0.2) is 48.2 Å². The lowest BCUT2D eigenvalue weighted by Gasteiger charge is -2.31. The number of amides is 1. The molecule has 7 nitrogen and oxygen atoms in total. The van der Waals surface area contributed by atoms with Gasteiger partial charge in [0.15, 0.2) is 0 Å². The van der Waals surface area contributed by atoms with E-state index in [4.69, 9.17) is 10.5 Å². The van der Waals surface area contributed by atoms with Crippen molar-refractivity contribution in [2.45, 2.75) is 44.2 Å². The van der Waals surface area contributed by atoms with Gasteiger partial charge in [0, 0.05) is 24.9 Å². The van der Waals surface area contributed by atoms with Crippen molar-refractivity contribution in [2.75, 3.05) is 25.9 Å². The van der Waals surface area contributed by atoms with Gasteiger partial charge in [-0.25, -0.2) is 9.97 Å². The third kappa shape index (κ3) is 3.05. The van der Waals surface area contributed by atoms with Crippen LogP contribution in [0.1, 0.15) is 41.0 Å². The number of rotatable bonds is 3. The fourth-order valence-electron chi connectivity index (χ4n) is 3.30. The smallest absolute Gasteiger partial charge is 0.270 e.